The third-order valence-corrected chi connectivity index (χ3v) is 1.83. The van der Waals surface area contributed by atoms with Gasteiger partial charge >= 0.3 is 6.09 Å². The van der Waals surface area contributed by atoms with Crippen LogP contribution in [0.1, 0.15) is 34.6 Å². The number of hydrogen-bond acceptors (Lipinski definition) is 3. The highest BCUT2D eigenvalue weighted by Crippen LogP contribution is 2.05. The van der Waals surface area contributed by atoms with Crippen molar-refractivity contribution in [2.75, 3.05) is 18.5 Å². The first kappa shape index (κ1) is 19.8. The molecule has 0 fully saturated rings. The van der Waals surface area contributed by atoms with E-state index in [-0.39, 0.29) is 19.1 Å². The lowest BCUT2D eigenvalue weighted by atomic mass is 10.2. The van der Waals surface area contributed by atoms with Crippen molar-refractivity contribution in [3.05, 3.63) is 30.3 Å². The van der Waals surface area contributed by atoms with E-state index in [1.165, 1.54) is 0 Å². The molecule has 1 rings (SSSR count). The Kier molecular flexibility index (Phi) is 15.1. The van der Waals surface area contributed by atoms with Gasteiger partial charge in [0.15, 0.2) is 0 Å². The second kappa shape index (κ2) is 14.5. The molecule has 0 bridgehead atoms. The van der Waals surface area contributed by atoms with Gasteiger partial charge in [0, 0.05) is 18.2 Å². The largest absolute Gasteiger partial charge is 0.449 e. The Hall–Kier alpha value is -1.55. The predicted octanol–water partition coefficient (Wildman–Crippen LogP) is 3.92. The minimum atomic E-state index is -0.499. The molecule has 0 saturated carbocycles. The number of hydrogen-bond donors (Lipinski definition) is 2. The summed E-state index contributed by atoms with van der Waals surface area (Å²) in [5.41, 5.74) is 0.694. The number of para-hydroxylation sites is 1. The van der Waals surface area contributed by atoms with E-state index in [9.17, 15) is 4.79 Å². The maximum absolute atomic E-state index is 11.2. The molecule has 1 aromatic rings. The number of anilines is 1. The normalized spacial score (nSPS) is 10.0. The summed E-state index contributed by atoms with van der Waals surface area (Å²) in [7, 11) is 0. The van der Waals surface area contributed by atoms with E-state index in [0.717, 1.165) is 0 Å². The summed E-state index contributed by atoms with van der Waals surface area (Å²) in [4.78, 5) is 11.2. The number of benzene rings is 1. The minimum Gasteiger partial charge on any atom is -0.449 e. The minimum absolute atomic E-state index is 0.0125. The van der Waals surface area contributed by atoms with Crippen LogP contribution in [0.3, 0.4) is 0 Å². The van der Waals surface area contributed by atoms with Crippen molar-refractivity contribution in [1.29, 1.82) is 0 Å². The molecule has 0 aliphatic rings. The molecule has 1 aromatic carbocycles. The molecule has 4 heteroatoms. The van der Waals surface area contributed by atoms with Crippen LogP contribution < -0.4 is 5.32 Å². The van der Waals surface area contributed by atoms with Crippen molar-refractivity contribution in [3.8, 4) is 0 Å². The summed E-state index contributed by atoms with van der Waals surface area (Å²) in [6, 6.07) is 9.07. The maximum atomic E-state index is 11.2. The van der Waals surface area contributed by atoms with Gasteiger partial charge in [-0.05, 0) is 12.1 Å². The van der Waals surface area contributed by atoms with Crippen LogP contribution in [-0.2, 0) is 4.74 Å². The number of ether oxygens (including phenoxy) is 1. The molecule has 1 unspecified atom stereocenters. The van der Waals surface area contributed by atoms with Crippen molar-refractivity contribution >= 4 is 11.8 Å². The first-order valence-corrected chi connectivity index (χ1v) is 6.82. The van der Waals surface area contributed by atoms with Crippen LogP contribution in [-0.4, -0.2) is 24.4 Å². The van der Waals surface area contributed by atoms with E-state index in [2.05, 4.69) is 5.32 Å². The Labute approximate surface area is 116 Å². The van der Waals surface area contributed by atoms with Gasteiger partial charge in [-0.2, -0.15) is 0 Å². The molecule has 0 aromatic heterocycles. The Morgan fingerprint density at radius 2 is 1.74 bits per heavy atom. The summed E-state index contributed by atoms with van der Waals surface area (Å²) in [6.45, 7) is 10.0. The van der Waals surface area contributed by atoms with Gasteiger partial charge in [-0.3, -0.25) is 5.32 Å². The molecular weight excluding hydrogens is 242 g/mol. The van der Waals surface area contributed by atoms with Gasteiger partial charge in [0.1, 0.15) is 0 Å². The van der Waals surface area contributed by atoms with Crippen LogP contribution in [0.25, 0.3) is 0 Å². The number of amides is 1. The molecule has 2 N–H and O–H groups in total. The van der Waals surface area contributed by atoms with E-state index in [4.69, 9.17) is 9.84 Å². The lowest BCUT2D eigenvalue weighted by molar-refractivity contribution is 0.120. The van der Waals surface area contributed by atoms with Gasteiger partial charge in [0.05, 0.1) is 6.61 Å². The number of carbonyl (C=O) groups excluding carboxylic acids is 1. The van der Waals surface area contributed by atoms with E-state index >= 15 is 0 Å². The van der Waals surface area contributed by atoms with Crippen molar-refractivity contribution in [2.24, 2.45) is 5.92 Å². The Morgan fingerprint density at radius 1 is 1.21 bits per heavy atom. The highest BCUT2D eigenvalue weighted by atomic mass is 16.5. The Balaban J connectivity index is 0. The van der Waals surface area contributed by atoms with E-state index in [1.54, 1.807) is 19.1 Å². The van der Waals surface area contributed by atoms with E-state index in [0.29, 0.717) is 5.69 Å². The Bertz CT molecular complexity index is 302. The first-order chi connectivity index (χ1) is 9.22. The van der Waals surface area contributed by atoms with Crippen LogP contribution >= 0.6 is 0 Å². The smallest absolute Gasteiger partial charge is 0.411 e. The van der Waals surface area contributed by atoms with Gasteiger partial charge < -0.3 is 9.84 Å². The number of nitrogens with one attached hydrogen (secondary N) is 1. The number of carbonyl (C=O) groups is 1. The van der Waals surface area contributed by atoms with Crippen LogP contribution in [0.15, 0.2) is 30.3 Å². The molecule has 1 atom stereocenters. The molecule has 0 spiro atoms. The van der Waals surface area contributed by atoms with Gasteiger partial charge in [0.2, 0.25) is 0 Å². The Morgan fingerprint density at radius 3 is 2.21 bits per heavy atom. The topological polar surface area (TPSA) is 58.6 Å². The summed E-state index contributed by atoms with van der Waals surface area (Å²) in [6.07, 6.45) is -0.499. The summed E-state index contributed by atoms with van der Waals surface area (Å²) in [5.74, 6) is -0.0356. The van der Waals surface area contributed by atoms with Crippen molar-refractivity contribution in [2.45, 2.75) is 34.6 Å². The molecule has 19 heavy (non-hydrogen) atoms. The fraction of sp³-hybridized carbons (Fsp3) is 0.533. The lowest BCUT2D eigenvalue weighted by Crippen LogP contribution is -2.19. The maximum Gasteiger partial charge on any atom is 0.411 e. The number of aliphatic hydroxyl groups is 1. The SMILES string of the molecule is CC.CC.CC(CO)COC(=O)Nc1ccccc1. The van der Waals surface area contributed by atoms with Crippen LogP contribution in [0, 0.1) is 5.92 Å². The second-order valence-electron chi connectivity index (χ2n) is 3.38. The predicted molar refractivity (Wildman–Crippen MR) is 80.4 cm³/mol. The quantitative estimate of drug-likeness (QED) is 0.871. The zero-order chi connectivity index (χ0) is 15.1. The molecule has 4 nitrogen and oxygen atoms in total. The standard InChI is InChI=1S/C11H15NO3.2C2H6/c1-9(7-13)8-15-11(14)12-10-5-3-2-4-6-10;2*1-2/h2-6,9,13H,7-8H2,1H3,(H,12,14);2*1-2H3. The first-order valence-electron chi connectivity index (χ1n) is 6.82. The number of aliphatic hydroxyl groups excluding tert-OH is 1. The molecule has 1 amide bonds. The highest BCUT2D eigenvalue weighted by Gasteiger charge is 2.05. The molecule has 0 aliphatic heterocycles. The summed E-state index contributed by atoms with van der Waals surface area (Å²) < 4.78 is 4.89. The summed E-state index contributed by atoms with van der Waals surface area (Å²) in [5, 5.41) is 11.3. The number of rotatable bonds is 4. The highest BCUT2D eigenvalue weighted by molar-refractivity contribution is 5.84. The van der Waals surface area contributed by atoms with Gasteiger partial charge in [-0.1, -0.05) is 52.8 Å². The molecule has 0 heterocycles. The fourth-order valence-corrected chi connectivity index (χ4v) is 0.946. The van der Waals surface area contributed by atoms with E-state index < -0.39 is 6.09 Å². The average Bonchev–Trinajstić information content (AvgIpc) is 2.50. The molecule has 0 aliphatic carbocycles. The van der Waals surface area contributed by atoms with Crippen molar-refractivity contribution in [3.63, 3.8) is 0 Å². The van der Waals surface area contributed by atoms with Crippen molar-refractivity contribution in [1.82, 2.24) is 0 Å². The van der Waals surface area contributed by atoms with Gasteiger partial charge in [0.25, 0.3) is 0 Å². The van der Waals surface area contributed by atoms with Gasteiger partial charge in [-0.25, -0.2) is 4.79 Å². The third-order valence-electron chi connectivity index (χ3n) is 1.83. The fourth-order valence-electron chi connectivity index (χ4n) is 0.946. The summed E-state index contributed by atoms with van der Waals surface area (Å²) >= 11 is 0. The molecule has 110 valence electrons. The lowest BCUT2D eigenvalue weighted by Gasteiger charge is -2.09. The molecule has 0 saturated heterocycles. The zero-order valence-corrected chi connectivity index (χ0v) is 12.6. The van der Waals surface area contributed by atoms with Gasteiger partial charge in [-0.15, -0.1) is 0 Å². The van der Waals surface area contributed by atoms with E-state index in [1.807, 2.05) is 45.9 Å². The molecular formula is C15H27NO3. The molecule has 0 radical (unpaired) electrons. The monoisotopic (exact) mass is 269 g/mol. The van der Waals surface area contributed by atoms with Crippen LogP contribution in [0.5, 0.6) is 0 Å². The average molecular weight is 269 g/mol. The van der Waals surface area contributed by atoms with Crippen LogP contribution in [0.4, 0.5) is 10.5 Å². The van der Waals surface area contributed by atoms with Crippen molar-refractivity contribution < 1.29 is 14.6 Å². The van der Waals surface area contributed by atoms with Crippen LogP contribution in [0.2, 0.25) is 0 Å². The zero-order valence-electron chi connectivity index (χ0n) is 12.6. The third kappa shape index (κ3) is 11.3. The second-order valence-corrected chi connectivity index (χ2v) is 3.38.